The van der Waals surface area contributed by atoms with Crippen molar-refractivity contribution in [2.24, 2.45) is 0 Å². The maximum absolute atomic E-state index is 12.2. The normalized spacial score (nSPS) is 13.8. The lowest BCUT2D eigenvalue weighted by molar-refractivity contribution is -0.117. The number of esters is 1. The molecule has 0 saturated heterocycles. The number of hydrogen-bond acceptors (Lipinski definition) is 5. The molecular formula is C19H18N4O3. The summed E-state index contributed by atoms with van der Waals surface area (Å²) in [7, 11) is 0. The number of hydrogen-bond donors (Lipinski definition) is 1. The Bertz CT molecular complexity index is 889. The fraction of sp³-hybridized carbons (Fsp3) is 0.263. The standard InChI is InChI=1S/C19H18N4O3/c1-2-26-19(25)17-14(10-13(11-20)18(24)21-15-8-9-15)12-23(22-17)16-6-4-3-5-7-16/h3-7,10,12,15H,2,8-9H2,1H3,(H,21,24)/b13-10-. The smallest absolute Gasteiger partial charge is 0.359 e. The highest BCUT2D eigenvalue weighted by Gasteiger charge is 2.25. The molecule has 3 rings (SSSR count). The summed E-state index contributed by atoms with van der Waals surface area (Å²) in [5, 5.41) is 16.4. The van der Waals surface area contributed by atoms with Gasteiger partial charge in [-0.1, -0.05) is 18.2 Å². The van der Waals surface area contributed by atoms with Crippen LogP contribution in [0.1, 0.15) is 35.8 Å². The van der Waals surface area contributed by atoms with Crippen molar-refractivity contribution in [2.75, 3.05) is 6.61 Å². The Morgan fingerprint density at radius 1 is 1.38 bits per heavy atom. The number of carbonyl (C=O) groups is 2. The van der Waals surface area contributed by atoms with Crippen molar-refractivity contribution in [1.29, 1.82) is 5.26 Å². The average Bonchev–Trinajstić information content (AvgIpc) is 3.36. The van der Waals surface area contributed by atoms with E-state index >= 15 is 0 Å². The molecule has 1 aromatic carbocycles. The Labute approximate surface area is 150 Å². The van der Waals surface area contributed by atoms with Crippen LogP contribution in [0.15, 0.2) is 42.1 Å². The van der Waals surface area contributed by atoms with Gasteiger partial charge < -0.3 is 10.1 Å². The number of ether oxygens (including phenoxy) is 1. The minimum atomic E-state index is -0.603. The molecule has 0 unspecified atom stereocenters. The number of amides is 1. The van der Waals surface area contributed by atoms with E-state index in [0.29, 0.717) is 5.56 Å². The number of aromatic nitrogens is 2. The molecule has 0 atom stereocenters. The summed E-state index contributed by atoms with van der Waals surface area (Å²) in [6.45, 7) is 1.90. The second-order valence-corrected chi connectivity index (χ2v) is 5.85. The molecule has 1 aliphatic carbocycles. The van der Waals surface area contributed by atoms with Crippen LogP contribution in [-0.4, -0.2) is 34.3 Å². The van der Waals surface area contributed by atoms with Crippen LogP contribution in [0.25, 0.3) is 11.8 Å². The van der Waals surface area contributed by atoms with E-state index < -0.39 is 11.9 Å². The van der Waals surface area contributed by atoms with E-state index in [-0.39, 0.29) is 23.9 Å². The van der Waals surface area contributed by atoms with Crippen LogP contribution in [0.3, 0.4) is 0 Å². The SMILES string of the molecule is CCOC(=O)c1nn(-c2ccccc2)cc1/C=C(/C#N)C(=O)NC1CC1. The van der Waals surface area contributed by atoms with E-state index in [1.54, 1.807) is 13.1 Å². The van der Waals surface area contributed by atoms with Crippen molar-refractivity contribution in [3.63, 3.8) is 0 Å². The molecule has 0 aliphatic heterocycles. The minimum Gasteiger partial charge on any atom is -0.461 e. The molecule has 1 N–H and O–H groups in total. The number of carbonyl (C=O) groups excluding carboxylic acids is 2. The van der Waals surface area contributed by atoms with E-state index in [1.807, 2.05) is 36.4 Å². The minimum absolute atomic E-state index is 0.0580. The number of para-hydroxylation sites is 1. The van der Waals surface area contributed by atoms with Crippen molar-refractivity contribution < 1.29 is 14.3 Å². The highest BCUT2D eigenvalue weighted by molar-refractivity contribution is 6.03. The van der Waals surface area contributed by atoms with Gasteiger partial charge >= 0.3 is 5.97 Å². The second-order valence-electron chi connectivity index (χ2n) is 5.85. The van der Waals surface area contributed by atoms with Crippen molar-refractivity contribution in [3.05, 3.63) is 53.4 Å². The molecular weight excluding hydrogens is 332 g/mol. The monoisotopic (exact) mass is 350 g/mol. The molecule has 1 aromatic heterocycles. The van der Waals surface area contributed by atoms with Gasteiger partial charge in [-0.25, -0.2) is 9.48 Å². The molecule has 7 nitrogen and oxygen atoms in total. The highest BCUT2D eigenvalue weighted by Crippen LogP contribution is 2.20. The van der Waals surface area contributed by atoms with Gasteiger partial charge in [-0.2, -0.15) is 10.4 Å². The zero-order valence-corrected chi connectivity index (χ0v) is 14.3. The number of nitriles is 1. The summed E-state index contributed by atoms with van der Waals surface area (Å²) in [6.07, 6.45) is 4.81. The van der Waals surface area contributed by atoms with E-state index in [0.717, 1.165) is 18.5 Å². The third kappa shape index (κ3) is 3.98. The fourth-order valence-electron chi connectivity index (χ4n) is 2.36. The average molecular weight is 350 g/mol. The van der Waals surface area contributed by atoms with Crippen molar-refractivity contribution in [1.82, 2.24) is 15.1 Å². The van der Waals surface area contributed by atoms with Crippen LogP contribution in [0.4, 0.5) is 0 Å². The molecule has 132 valence electrons. The van der Waals surface area contributed by atoms with Crippen LogP contribution in [0.2, 0.25) is 0 Å². The first-order valence-corrected chi connectivity index (χ1v) is 8.37. The van der Waals surface area contributed by atoms with Crippen LogP contribution in [-0.2, 0) is 9.53 Å². The highest BCUT2D eigenvalue weighted by atomic mass is 16.5. The maximum Gasteiger partial charge on any atom is 0.359 e. The van der Waals surface area contributed by atoms with Gasteiger partial charge in [-0.05, 0) is 38.0 Å². The molecule has 0 bridgehead atoms. The second kappa shape index (κ2) is 7.66. The van der Waals surface area contributed by atoms with Gasteiger partial charge in [0.1, 0.15) is 11.6 Å². The first-order valence-electron chi connectivity index (χ1n) is 8.37. The zero-order valence-electron chi connectivity index (χ0n) is 14.3. The molecule has 0 radical (unpaired) electrons. The van der Waals surface area contributed by atoms with Crippen LogP contribution < -0.4 is 5.32 Å². The van der Waals surface area contributed by atoms with Gasteiger partial charge in [0, 0.05) is 17.8 Å². The largest absolute Gasteiger partial charge is 0.461 e. The molecule has 26 heavy (non-hydrogen) atoms. The summed E-state index contributed by atoms with van der Waals surface area (Å²) in [5.74, 6) is -1.05. The summed E-state index contributed by atoms with van der Waals surface area (Å²) in [4.78, 5) is 24.4. The van der Waals surface area contributed by atoms with Crippen LogP contribution in [0, 0.1) is 11.3 Å². The summed E-state index contributed by atoms with van der Waals surface area (Å²) < 4.78 is 6.56. The lowest BCUT2D eigenvalue weighted by atomic mass is 10.1. The molecule has 2 aromatic rings. The van der Waals surface area contributed by atoms with Gasteiger partial charge in [0.15, 0.2) is 5.69 Å². The van der Waals surface area contributed by atoms with Crippen molar-refractivity contribution >= 4 is 18.0 Å². The molecule has 1 heterocycles. The Morgan fingerprint density at radius 3 is 2.73 bits per heavy atom. The van der Waals surface area contributed by atoms with Gasteiger partial charge in [-0.15, -0.1) is 0 Å². The quantitative estimate of drug-likeness (QED) is 0.489. The first kappa shape index (κ1) is 17.4. The zero-order chi connectivity index (χ0) is 18.5. The van der Waals surface area contributed by atoms with Gasteiger partial charge in [0.05, 0.1) is 12.3 Å². The number of benzene rings is 1. The predicted molar refractivity (Wildman–Crippen MR) is 94.3 cm³/mol. The third-order valence-corrected chi connectivity index (χ3v) is 3.81. The molecule has 1 fully saturated rings. The lowest BCUT2D eigenvalue weighted by Gasteiger charge is -2.02. The topological polar surface area (TPSA) is 97.0 Å². The van der Waals surface area contributed by atoms with Crippen molar-refractivity contribution in [2.45, 2.75) is 25.8 Å². The lowest BCUT2D eigenvalue weighted by Crippen LogP contribution is -2.26. The Balaban J connectivity index is 1.99. The predicted octanol–water partition coefficient (Wildman–Crippen LogP) is 2.23. The molecule has 0 spiro atoms. The third-order valence-electron chi connectivity index (χ3n) is 3.81. The van der Waals surface area contributed by atoms with E-state index in [2.05, 4.69) is 10.4 Å². The Kier molecular flexibility index (Phi) is 5.13. The molecule has 1 amide bonds. The van der Waals surface area contributed by atoms with Gasteiger partial charge in [-0.3, -0.25) is 4.79 Å². The van der Waals surface area contributed by atoms with E-state index in [9.17, 15) is 14.9 Å². The van der Waals surface area contributed by atoms with Crippen LogP contribution in [0.5, 0.6) is 0 Å². The van der Waals surface area contributed by atoms with Crippen molar-refractivity contribution in [3.8, 4) is 11.8 Å². The number of rotatable bonds is 6. The van der Waals surface area contributed by atoms with Gasteiger partial charge in [0.25, 0.3) is 5.91 Å². The number of nitrogens with one attached hydrogen (secondary N) is 1. The number of nitrogens with zero attached hydrogens (tertiary/aromatic N) is 3. The molecule has 7 heteroatoms. The van der Waals surface area contributed by atoms with E-state index in [4.69, 9.17) is 4.74 Å². The summed E-state index contributed by atoms with van der Waals surface area (Å²) in [5.41, 5.74) is 1.09. The molecule has 1 saturated carbocycles. The van der Waals surface area contributed by atoms with E-state index in [1.165, 1.54) is 10.8 Å². The summed E-state index contributed by atoms with van der Waals surface area (Å²) >= 11 is 0. The first-order chi connectivity index (χ1) is 12.6. The van der Waals surface area contributed by atoms with Gasteiger partial charge in [0.2, 0.25) is 0 Å². The fourth-order valence-corrected chi connectivity index (χ4v) is 2.36. The Hall–Kier alpha value is -3.40. The Morgan fingerprint density at radius 2 is 2.12 bits per heavy atom. The maximum atomic E-state index is 12.2. The van der Waals surface area contributed by atoms with Crippen LogP contribution >= 0.6 is 0 Å². The molecule has 1 aliphatic rings. The summed E-state index contributed by atoms with van der Waals surface area (Å²) in [6, 6.07) is 11.3.